The van der Waals surface area contributed by atoms with Crippen molar-refractivity contribution in [3.05, 3.63) is 35.4 Å². The van der Waals surface area contributed by atoms with Crippen molar-refractivity contribution in [2.24, 2.45) is 17.6 Å². The van der Waals surface area contributed by atoms with Gasteiger partial charge in [-0.15, -0.1) is 0 Å². The van der Waals surface area contributed by atoms with Gasteiger partial charge in [0.25, 0.3) is 0 Å². The van der Waals surface area contributed by atoms with Crippen LogP contribution in [0, 0.1) is 23.5 Å². The van der Waals surface area contributed by atoms with Crippen LogP contribution in [0.1, 0.15) is 18.4 Å². The number of hydrogen-bond donors (Lipinski definition) is 3. The molecular formula is C14H15F2NO4. The number of carboxylic acid groups (broad SMARTS) is 2. The molecule has 0 heterocycles. The molecule has 1 aromatic rings. The van der Waals surface area contributed by atoms with E-state index in [1.54, 1.807) is 0 Å². The van der Waals surface area contributed by atoms with Gasteiger partial charge in [-0.25, -0.2) is 8.78 Å². The number of hydrogen-bond acceptors (Lipinski definition) is 3. The molecule has 4 N–H and O–H groups in total. The van der Waals surface area contributed by atoms with Crippen LogP contribution in [-0.4, -0.2) is 27.7 Å². The fourth-order valence-electron chi connectivity index (χ4n) is 2.57. The Kier molecular flexibility index (Phi) is 3.95. The molecule has 1 unspecified atom stereocenters. The van der Waals surface area contributed by atoms with Gasteiger partial charge >= 0.3 is 11.9 Å². The first-order chi connectivity index (χ1) is 9.77. The van der Waals surface area contributed by atoms with E-state index in [0.717, 1.165) is 6.07 Å². The van der Waals surface area contributed by atoms with Gasteiger partial charge in [0.05, 0.1) is 5.92 Å². The van der Waals surface area contributed by atoms with Crippen molar-refractivity contribution in [1.29, 1.82) is 0 Å². The third kappa shape index (κ3) is 2.87. The summed E-state index contributed by atoms with van der Waals surface area (Å²) >= 11 is 0. The largest absolute Gasteiger partial charge is 0.481 e. The van der Waals surface area contributed by atoms with Gasteiger partial charge in [-0.2, -0.15) is 0 Å². The lowest BCUT2D eigenvalue weighted by Crippen LogP contribution is -2.51. The monoisotopic (exact) mass is 299 g/mol. The Hall–Kier alpha value is -2.02. The summed E-state index contributed by atoms with van der Waals surface area (Å²) in [4.78, 5) is 22.2. The van der Waals surface area contributed by atoms with Gasteiger partial charge in [0.2, 0.25) is 0 Å². The minimum Gasteiger partial charge on any atom is -0.481 e. The Morgan fingerprint density at radius 3 is 2.52 bits per heavy atom. The number of rotatable bonds is 6. The zero-order valence-corrected chi connectivity index (χ0v) is 11.1. The van der Waals surface area contributed by atoms with E-state index >= 15 is 0 Å². The van der Waals surface area contributed by atoms with Crippen LogP contribution in [0.15, 0.2) is 18.2 Å². The Morgan fingerprint density at radius 2 is 2.00 bits per heavy atom. The van der Waals surface area contributed by atoms with Gasteiger partial charge in [-0.1, -0.05) is 12.1 Å². The van der Waals surface area contributed by atoms with Gasteiger partial charge in [-0.05, 0) is 30.9 Å². The van der Waals surface area contributed by atoms with Crippen LogP contribution in [0.5, 0.6) is 0 Å². The van der Waals surface area contributed by atoms with Crippen LogP contribution in [-0.2, 0) is 16.0 Å². The molecule has 7 heteroatoms. The molecule has 0 radical (unpaired) electrons. The van der Waals surface area contributed by atoms with E-state index in [4.69, 9.17) is 10.8 Å². The third-order valence-electron chi connectivity index (χ3n) is 4.01. The van der Waals surface area contributed by atoms with Crippen LogP contribution < -0.4 is 5.73 Å². The maximum atomic E-state index is 13.5. The standard InChI is InChI=1S/C14H15F2NO4/c15-10-3-1-2-7(11(10)16)4-5-14(17,13(20)21)9-6-8(9)12(18)19/h1-3,8-9H,4-6,17H2,(H,18,19)(H,20,21)/t8-,9-,14?/m0/s1. The molecule has 0 aliphatic heterocycles. The van der Waals surface area contributed by atoms with Crippen molar-refractivity contribution in [3.8, 4) is 0 Å². The van der Waals surface area contributed by atoms with E-state index in [1.165, 1.54) is 12.1 Å². The number of halogens is 2. The molecule has 1 aliphatic rings. The topological polar surface area (TPSA) is 101 Å². The first-order valence-corrected chi connectivity index (χ1v) is 6.45. The van der Waals surface area contributed by atoms with Crippen molar-refractivity contribution < 1.29 is 28.6 Å². The summed E-state index contributed by atoms with van der Waals surface area (Å²) < 4.78 is 26.6. The fourth-order valence-corrected chi connectivity index (χ4v) is 2.57. The van der Waals surface area contributed by atoms with Crippen LogP contribution >= 0.6 is 0 Å². The number of carbonyl (C=O) groups is 2. The Morgan fingerprint density at radius 1 is 1.33 bits per heavy atom. The molecule has 0 saturated heterocycles. The first kappa shape index (κ1) is 15.4. The maximum Gasteiger partial charge on any atom is 0.324 e. The van der Waals surface area contributed by atoms with Crippen LogP contribution in [0.2, 0.25) is 0 Å². The van der Waals surface area contributed by atoms with Crippen LogP contribution in [0.4, 0.5) is 8.78 Å². The second kappa shape index (κ2) is 5.40. The van der Waals surface area contributed by atoms with Gasteiger partial charge in [-0.3, -0.25) is 9.59 Å². The molecule has 0 bridgehead atoms. The molecule has 0 spiro atoms. The molecule has 1 fully saturated rings. The molecule has 1 aromatic carbocycles. The first-order valence-electron chi connectivity index (χ1n) is 6.45. The lowest BCUT2D eigenvalue weighted by Gasteiger charge is -2.25. The third-order valence-corrected chi connectivity index (χ3v) is 4.01. The summed E-state index contributed by atoms with van der Waals surface area (Å²) in [5.41, 5.74) is 4.11. The lowest BCUT2D eigenvalue weighted by molar-refractivity contribution is -0.145. The summed E-state index contributed by atoms with van der Waals surface area (Å²) in [7, 11) is 0. The van der Waals surface area contributed by atoms with Crippen molar-refractivity contribution >= 4 is 11.9 Å². The molecule has 0 aromatic heterocycles. The second-order valence-corrected chi connectivity index (χ2v) is 5.35. The van der Waals surface area contributed by atoms with E-state index in [2.05, 4.69) is 0 Å². The Bertz CT molecular complexity index is 592. The van der Waals surface area contributed by atoms with Gasteiger partial charge in [0.1, 0.15) is 5.54 Å². The van der Waals surface area contributed by atoms with Crippen molar-refractivity contribution in [3.63, 3.8) is 0 Å². The molecule has 3 atom stereocenters. The van der Waals surface area contributed by atoms with Crippen LogP contribution in [0.3, 0.4) is 0 Å². The van der Waals surface area contributed by atoms with E-state index in [0.29, 0.717) is 0 Å². The minimum absolute atomic E-state index is 0.0265. The number of nitrogens with two attached hydrogens (primary N) is 1. The predicted molar refractivity (Wildman–Crippen MR) is 68.5 cm³/mol. The molecule has 5 nitrogen and oxygen atoms in total. The van der Waals surface area contributed by atoms with Gasteiger partial charge in [0, 0.05) is 5.92 Å². The normalized spacial score (nSPS) is 23.4. The molecule has 21 heavy (non-hydrogen) atoms. The van der Waals surface area contributed by atoms with E-state index in [1.807, 2.05) is 0 Å². The highest BCUT2D eigenvalue weighted by Gasteiger charge is 2.58. The molecule has 1 aliphatic carbocycles. The summed E-state index contributed by atoms with van der Waals surface area (Å²) in [5, 5.41) is 18.1. The summed E-state index contributed by atoms with van der Waals surface area (Å²) in [5.74, 6) is -5.94. The molecule has 2 rings (SSSR count). The zero-order chi connectivity index (χ0) is 15.8. The van der Waals surface area contributed by atoms with Crippen LogP contribution in [0.25, 0.3) is 0 Å². The van der Waals surface area contributed by atoms with Gasteiger partial charge in [0.15, 0.2) is 11.6 Å². The minimum atomic E-state index is -1.75. The zero-order valence-electron chi connectivity index (χ0n) is 11.1. The number of aryl methyl sites for hydroxylation is 1. The van der Waals surface area contributed by atoms with Crippen molar-refractivity contribution in [2.45, 2.75) is 24.8 Å². The maximum absolute atomic E-state index is 13.5. The average Bonchev–Trinajstić information content (AvgIpc) is 3.20. The molecular weight excluding hydrogens is 284 g/mol. The van der Waals surface area contributed by atoms with E-state index in [-0.39, 0.29) is 24.8 Å². The summed E-state index contributed by atoms with van der Waals surface area (Å²) in [6.07, 6.45) is -0.0455. The fraction of sp³-hybridized carbons (Fsp3) is 0.429. The number of carboxylic acids is 2. The molecule has 114 valence electrons. The van der Waals surface area contributed by atoms with E-state index < -0.39 is 40.9 Å². The Labute approximate surface area is 119 Å². The van der Waals surface area contributed by atoms with E-state index in [9.17, 15) is 23.5 Å². The number of benzene rings is 1. The highest BCUT2D eigenvalue weighted by Crippen LogP contribution is 2.47. The van der Waals surface area contributed by atoms with Gasteiger partial charge < -0.3 is 15.9 Å². The Balaban J connectivity index is 2.13. The SMILES string of the molecule is NC(CCc1cccc(F)c1F)(C(=O)O)[C@H]1C[C@@H]1C(=O)O. The molecule has 0 amide bonds. The summed E-state index contributed by atoms with van der Waals surface area (Å²) in [6.45, 7) is 0. The highest BCUT2D eigenvalue weighted by molar-refractivity contribution is 5.83. The summed E-state index contributed by atoms with van der Waals surface area (Å²) in [6, 6.07) is 3.64. The van der Waals surface area contributed by atoms with Crippen molar-refractivity contribution in [1.82, 2.24) is 0 Å². The smallest absolute Gasteiger partial charge is 0.324 e. The average molecular weight is 299 g/mol. The number of aliphatic carboxylic acids is 2. The second-order valence-electron chi connectivity index (χ2n) is 5.35. The highest BCUT2D eigenvalue weighted by atomic mass is 19.2. The molecule has 1 saturated carbocycles. The predicted octanol–water partition coefficient (Wildman–Crippen LogP) is 1.40. The quantitative estimate of drug-likeness (QED) is 0.737. The van der Waals surface area contributed by atoms with Crippen molar-refractivity contribution in [2.75, 3.05) is 0 Å². The lowest BCUT2D eigenvalue weighted by atomic mass is 9.86.